The number of halogens is 3. The zero-order valence-electron chi connectivity index (χ0n) is 17.8. The van der Waals surface area contributed by atoms with Crippen molar-refractivity contribution in [3.05, 3.63) is 64.7 Å². The second kappa shape index (κ2) is 11.3. The van der Waals surface area contributed by atoms with Gasteiger partial charge in [0, 0.05) is 33.3 Å². The summed E-state index contributed by atoms with van der Waals surface area (Å²) in [6, 6.07) is 9.83. The van der Waals surface area contributed by atoms with Crippen molar-refractivity contribution < 1.29 is 18.3 Å². The fraction of sp³-hybridized carbons (Fsp3) is 0.364. The first-order chi connectivity index (χ1) is 14.4. The summed E-state index contributed by atoms with van der Waals surface area (Å²) >= 11 is 0. The molecule has 3 rings (SSSR count). The van der Waals surface area contributed by atoms with Crippen molar-refractivity contribution in [2.75, 3.05) is 34.3 Å². The molecule has 0 radical (unpaired) electrons. The van der Waals surface area contributed by atoms with Gasteiger partial charge in [-0.3, -0.25) is 4.79 Å². The first-order valence-electron chi connectivity index (χ1n) is 9.70. The molecule has 0 bridgehead atoms. The van der Waals surface area contributed by atoms with Crippen molar-refractivity contribution in [1.29, 1.82) is 0 Å². The van der Waals surface area contributed by atoms with Gasteiger partial charge in [0.2, 0.25) is 5.91 Å². The van der Waals surface area contributed by atoms with Crippen LogP contribution in [-0.2, 0) is 24.3 Å². The maximum absolute atomic E-state index is 14.1. The molecule has 0 unspecified atom stereocenters. The van der Waals surface area contributed by atoms with Crippen molar-refractivity contribution in [3.63, 3.8) is 0 Å². The van der Waals surface area contributed by atoms with Crippen molar-refractivity contribution in [3.8, 4) is 5.75 Å². The van der Waals surface area contributed by atoms with E-state index in [4.69, 9.17) is 4.74 Å². The van der Waals surface area contributed by atoms with Crippen LogP contribution < -0.4 is 10.1 Å². The summed E-state index contributed by atoms with van der Waals surface area (Å²) in [4.78, 5) is 20.1. The smallest absolute Gasteiger partial charge is 0.241 e. The number of ether oxygens (including phenoxy) is 1. The molecule has 2 aromatic carbocycles. The zero-order valence-corrected chi connectivity index (χ0v) is 20.2. The number of nitrogens with one attached hydrogen (secondary N) is 1. The summed E-state index contributed by atoms with van der Waals surface area (Å²) in [5, 5.41) is 3.10. The van der Waals surface area contributed by atoms with Gasteiger partial charge in [-0.25, -0.2) is 13.8 Å². The molecule has 0 saturated heterocycles. The van der Waals surface area contributed by atoms with Crippen LogP contribution in [-0.4, -0.2) is 56.0 Å². The first-order valence-corrected chi connectivity index (χ1v) is 9.70. The average Bonchev–Trinajstić information content (AvgIpc) is 2.73. The van der Waals surface area contributed by atoms with Gasteiger partial charge >= 0.3 is 0 Å². The molecule has 0 aromatic heterocycles. The number of hydrogen-bond acceptors (Lipinski definition) is 3. The number of nitrogens with zero attached hydrogens (tertiary/aromatic N) is 3. The number of aliphatic imine (C=N–C) groups is 1. The molecule has 1 heterocycles. The summed E-state index contributed by atoms with van der Waals surface area (Å²) < 4.78 is 32.9. The number of hydrogen-bond donors (Lipinski definition) is 1. The van der Waals surface area contributed by atoms with Crippen LogP contribution in [0.3, 0.4) is 0 Å². The number of amides is 1. The Morgan fingerprint density at radius 3 is 2.58 bits per heavy atom. The minimum Gasteiger partial charge on any atom is -0.497 e. The van der Waals surface area contributed by atoms with E-state index in [1.165, 1.54) is 11.0 Å². The standard InChI is InChI=1S/C22H26F2N4O2.HI/c1-27(2)21(29)13-26-22(25-12-15-4-6-18(30-3)7-5-15)28-9-8-19-16(14-28)10-17(23)11-20(19)24;/h4-7,10-11H,8-9,12-14H2,1-3H3,(H,25,26);1H. The van der Waals surface area contributed by atoms with Crippen LogP contribution in [0.15, 0.2) is 41.4 Å². The van der Waals surface area contributed by atoms with E-state index in [1.54, 1.807) is 21.2 Å². The molecule has 0 spiro atoms. The van der Waals surface area contributed by atoms with Gasteiger partial charge < -0.3 is 19.9 Å². The van der Waals surface area contributed by atoms with Crippen molar-refractivity contribution in [2.45, 2.75) is 19.5 Å². The van der Waals surface area contributed by atoms with E-state index < -0.39 is 11.6 Å². The second-order valence-corrected chi connectivity index (χ2v) is 7.33. The van der Waals surface area contributed by atoms with Crippen LogP contribution in [0.5, 0.6) is 5.75 Å². The number of fused-ring (bicyclic) bond motifs is 1. The lowest BCUT2D eigenvalue weighted by atomic mass is 9.99. The van der Waals surface area contributed by atoms with E-state index in [0.717, 1.165) is 17.4 Å². The second-order valence-electron chi connectivity index (χ2n) is 7.33. The van der Waals surface area contributed by atoms with E-state index in [9.17, 15) is 13.6 Å². The highest BCUT2D eigenvalue weighted by atomic mass is 127. The molecule has 0 fully saturated rings. The first kappa shape index (κ1) is 24.8. The van der Waals surface area contributed by atoms with Crippen LogP contribution >= 0.6 is 24.0 Å². The lowest BCUT2D eigenvalue weighted by molar-refractivity contribution is -0.127. The Balaban J connectivity index is 0.00000341. The zero-order chi connectivity index (χ0) is 21.7. The minimum atomic E-state index is -0.597. The average molecular weight is 544 g/mol. The van der Waals surface area contributed by atoms with E-state index in [2.05, 4.69) is 10.3 Å². The third-order valence-corrected chi connectivity index (χ3v) is 5.01. The topological polar surface area (TPSA) is 57.2 Å². The largest absolute Gasteiger partial charge is 0.497 e. The number of guanidine groups is 1. The molecule has 31 heavy (non-hydrogen) atoms. The molecule has 2 aromatic rings. The van der Waals surface area contributed by atoms with Crippen LogP contribution in [0, 0.1) is 11.6 Å². The minimum absolute atomic E-state index is 0. The van der Waals surface area contributed by atoms with Gasteiger partial charge in [-0.15, -0.1) is 24.0 Å². The predicted molar refractivity (Wildman–Crippen MR) is 127 cm³/mol. The number of carbonyl (C=O) groups excluding carboxylic acids is 1. The summed E-state index contributed by atoms with van der Waals surface area (Å²) in [7, 11) is 4.97. The maximum atomic E-state index is 14.1. The summed E-state index contributed by atoms with van der Waals surface area (Å²) in [6.07, 6.45) is 0.437. The highest BCUT2D eigenvalue weighted by Crippen LogP contribution is 2.23. The third kappa shape index (κ3) is 6.52. The van der Waals surface area contributed by atoms with Gasteiger partial charge in [0.1, 0.15) is 17.4 Å². The normalized spacial score (nSPS) is 13.2. The van der Waals surface area contributed by atoms with Crippen LogP contribution in [0.4, 0.5) is 8.78 Å². The Bertz CT molecular complexity index is 936. The number of likely N-dealkylation sites (N-methyl/N-ethyl adjacent to an activating group) is 1. The fourth-order valence-corrected chi connectivity index (χ4v) is 3.27. The molecule has 1 aliphatic rings. The molecule has 1 amide bonds. The van der Waals surface area contributed by atoms with Crippen molar-refractivity contribution in [1.82, 2.24) is 15.1 Å². The fourth-order valence-electron chi connectivity index (χ4n) is 3.27. The molecule has 0 atom stereocenters. The maximum Gasteiger partial charge on any atom is 0.241 e. The monoisotopic (exact) mass is 544 g/mol. The Hall–Kier alpha value is -2.43. The highest BCUT2D eigenvalue weighted by Gasteiger charge is 2.23. The van der Waals surface area contributed by atoms with Crippen LogP contribution in [0.25, 0.3) is 0 Å². The van der Waals surface area contributed by atoms with Gasteiger partial charge in [-0.1, -0.05) is 12.1 Å². The Morgan fingerprint density at radius 2 is 1.94 bits per heavy atom. The van der Waals surface area contributed by atoms with E-state index in [-0.39, 0.29) is 36.4 Å². The molecule has 1 aliphatic heterocycles. The SMILES string of the molecule is COc1ccc(CN=C(NCC(=O)N(C)C)N2CCc3c(F)cc(F)cc3C2)cc1.I. The number of carbonyl (C=O) groups is 1. The third-order valence-electron chi connectivity index (χ3n) is 5.01. The Morgan fingerprint density at radius 1 is 1.23 bits per heavy atom. The molecular weight excluding hydrogens is 517 g/mol. The molecule has 6 nitrogen and oxygen atoms in total. The van der Waals surface area contributed by atoms with Gasteiger partial charge in [-0.05, 0) is 41.3 Å². The lowest BCUT2D eigenvalue weighted by Gasteiger charge is -2.32. The molecule has 1 N–H and O–H groups in total. The van der Waals surface area contributed by atoms with Gasteiger partial charge in [0.25, 0.3) is 0 Å². The van der Waals surface area contributed by atoms with Crippen molar-refractivity contribution >= 4 is 35.8 Å². The summed E-state index contributed by atoms with van der Waals surface area (Å²) in [6.45, 7) is 1.30. The van der Waals surface area contributed by atoms with E-state index in [1.807, 2.05) is 29.2 Å². The highest BCUT2D eigenvalue weighted by molar-refractivity contribution is 14.0. The quantitative estimate of drug-likeness (QED) is 0.357. The molecule has 0 aliphatic carbocycles. The Labute approximate surface area is 198 Å². The Kier molecular flexibility index (Phi) is 9.02. The predicted octanol–water partition coefficient (Wildman–Crippen LogP) is 3.18. The van der Waals surface area contributed by atoms with Gasteiger partial charge in [-0.2, -0.15) is 0 Å². The molecule has 9 heteroatoms. The molecule has 168 valence electrons. The van der Waals surface area contributed by atoms with E-state index >= 15 is 0 Å². The molecule has 0 saturated carbocycles. The number of benzene rings is 2. The van der Waals surface area contributed by atoms with Gasteiger partial charge in [0.15, 0.2) is 5.96 Å². The number of methoxy groups -OCH3 is 1. The summed E-state index contributed by atoms with van der Waals surface area (Å²) in [5.41, 5.74) is 2.10. The molecular formula is C22H27F2IN4O2. The van der Waals surface area contributed by atoms with Crippen molar-refractivity contribution in [2.24, 2.45) is 4.99 Å². The van der Waals surface area contributed by atoms with Crippen LogP contribution in [0.2, 0.25) is 0 Å². The lowest BCUT2D eigenvalue weighted by Crippen LogP contribution is -2.47. The van der Waals surface area contributed by atoms with E-state index in [0.29, 0.717) is 43.1 Å². The summed E-state index contributed by atoms with van der Waals surface area (Å²) in [5.74, 6) is 0.0741. The van der Waals surface area contributed by atoms with Gasteiger partial charge in [0.05, 0.1) is 20.2 Å². The number of rotatable bonds is 5. The van der Waals surface area contributed by atoms with Crippen LogP contribution in [0.1, 0.15) is 16.7 Å².